The van der Waals surface area contributed by atoms with E-state index in [-0.39, 0.29) is 0 Å². The molecule has 0 aliphatic rings. The minimum absolute atomic E-state index is 0.411. The second-order valence-corrected chi connectivity index (χ2v) is 1.76. The molecule has 1 heterocycles. The quantitative estimate of drug-likeness (QED) is 0.565. The van der Waals surface area contributed by atoms with Crippen LogP contribution in [-0.4, -0.2) is 12.3 Å². The van der Waals surface area contributed by atoms with Crippen molar-refractivity contribution < 1.29 is 9.26 Å². The molecule has 0 aromatic carbocycles. The van der Waals surface area contributed by atoms with E-state index in [9.17, 15) is 0 Å². The van der Waals surface area contributed by atoms with Crippen LogP contribution in [0.5, 0.6) is 0 Å². The van der Waals surface area contributed by atoms with Gasteiger partial charge in [-0.3, -0.25) is 0 Å². The van der Waals surface area contributed by atoms with Crippen molar-refractivity contribution >= 4 is 0 Å². The Balaban J connectivity index is 2.71. The molecule has 0 unspecified atom stereocenters. The lowest BCUT2D eigenvalue weighted by atomic mass is 10.4. The van der Waals surface area contributed by atoms with Gasteiger partial charge in [-0.1, -0.05) is 5.16 Å². The molecule has 1 aromatic heterocycles. The minimum Gasteiger partial charge on any atom is -0.377 e. The normalized spacial score (nSPS) is 9.20. The van der Waals surface area contributed by atoms with Crippen molar-refractivity contribution in [1.82, 2.24) is 5.16 Å². The van der Waals surface area contributed by atoms with Crippen molar-refractivity contribution in [2.75, 3.05) is 7.11 Å². The fourth-order valence-electron chi connectivity index (χ4n) is 0.591. The molecule has 0 radical (unpaired) electrons. The summed E-state index contributed by atoms with van der Waals surface area (Å²) in [4.78, 5) is 0. The lowest BCUT2D eigenvalue weighted by Crippen LogP contribution is -1.81. The van der Waals surface area contributed by atoms with Crippen LogP contribution in [0.4, 0.5) is 0 Å². The summed E-state index contributed by atoms with van der Waals surface area (Å²) in [6, 6.07) is 1.67. The second kappa shape index (κ2) is 3.04. The van der Waals surface area contributed by atoms with E-state index < -0.39 is 0 Å². The summed E-state index contributed by atoms with van der Waals surface area (Å²) in [6.07, 6.45) is 5.05. The third kappa shape index (κ3) is 1.36. The predicted octanol–water partition coefficient (Wildman–Crippen LogP) is 0.802. The van der Waals surface area contributed by atoms with Gasteiger partial charge in [0.1, 0.15) is 6.61 Å². The van der Waals surface area contributed by atoms with Crippen LogP contribution >= 0.6 is 0 Å². The molecule has 0 bridgehead atoms. The Morgan fingerprint density at radius 3 is 3.20 bits per heavy atom. The van der Waals surface area contributed by atoms with E-state index in [0.29, 0.717) is 18.1 Å². The SMILES string of the molecule is C#Cc1cc(COC)on1. The number of terminal acetylenes is 1. The van der Waals surface area contributed by atoms with Crippen molar-refractivity contribution in [3.63, 3.8) is 0 Å². The monoisotopic (exact) mass is 137 g/mol. The van der Waals surface area contributed by atoms with Gasteiger partial charge in [-0.15, -0.1) is 6.42 Å². The fourth-order valence-corrected chi connectivity index (χ4v) is 0.591. The third-order valence-electron chi connectivity index (χ3n) is 0.993. The molecule has 0 N–H and O–H groups in total. The Morgan fingerprint density at radius 2 is 2.70 bits per heavy atom. The van der Waals surface area contributed by atoms with Crippen molar-refractivity contribution in [2.45, 2.75) is 6.61 Å². The number of ether oxygens (including phenoxy) is 1. The van der Waals surface area contributed by atoms with Gasteiger partial charge in [0.2, 0.25) is 0 Å². The second-order valence-electron chi connectivity index (χ2n) is 1.76. The lowest BCUT2D eigenvalue weighted by Gasteiger charge is -1.86. The van der Waals surface area contributed by atoms with Crippen LogP contribution in [0.2, 0.25) is 0 Å². The Bertz CT molecular complexity index is 246. The molecule has 1 rings (SSSR count). The van der Waals surface area contributed by atoms with E-state index in [1.807, 2.05) is 0 Å². The highest BCUT2D eigenvalue weighted by Gasteiger charge is 1.98. The molecule has 0 atom stereocenters. The first-order valence-corrected chi connectivity index (χ1v) is 2.78. The molecule has 10 heavy (non-hydrogen) atoms. The van der Waals surface area contributed by atoms with Gasteiger partial charge in [0, 0.05) is 13.2 Å². The predicted molar refractivity (Wildman–Crippen MR) is 35.2 cm³/mol. The highest BCUT2D eigenvalue weighted by molar-refractivity contribution is 5.23. The van der Waals surface area contributed by atoms with Crippen LogP contribution in [-0.2, 0) is 11.3 Å². The van der Waals surface area contributed by atoms with Crippen LogP contribution in [0.1, 0.15) is 11.5 Å². The van der Waals surface area contributed by atoms with Gasteiger partial charge in [-0.2, -0.15) is 0 Å². The molecule has 52 valence electrons. The topological polar surface area (TPSA) is 35.3 Å². The van der Waals surface area contributed by atoms with Crippen molar-refractivity contribution in [2.24, 2.45) is 0 Å². The number of aromatic nitrogens is 1. The van der Waals surface area contributed by atoms with Gasteiger partial charge in [-0.05, 0) is 5.92 Å². The molecule has 0 amide bonds. The van der Waals surface area contributed by atoms with Gasteiger partial charge in [-0.25, -0.2) is 0 Å². The number of hydrogen-bond donors (Lipinski definition) is 0. The van der Waals surface area contributed by atoms with Gasteiger partial charge in [0.05, 0.1) is 0 Å². The standard InChI is InChI=1S/C7H7NO2/c1-3-6-4-7(5-9-2)10-8-6/h1,4H,5H2,2H3. The molecule has 0 saturated carbocycles. The molecule has 3 nitrogen and oxygen atoms in total. The first-order valence-electron chi connectivity index (χ1n) is 2.78. The average Bonchev–Trinajstić information content (AvgIpc) is 2.37. The summed E-state index contributed by atoms with van der Waals surface area (Å²) in [7, 11) is 1.58. The van der Waals surface area contributed by atoms with E-state index in [1.54, 1.807) is 13.2 Å². The summed E-state index contributed by atoms with van der Waals surface area (Å²) in [5.74, 6) is 2.99. The molecule has 0 spiro atoms. The number of methoxy groups -OCH3 is 1. The Kier molecular flexibility index (Phi) is 2.08. The van der Waals surface area contributed by atoms with Crippen LogP contribution in [0, 0.1) is 12.3 Å². The first-order chi connectivity index (χ1) is 4.86. The maximum absolute atomic E-state index is 5.05. The highest BCUT2D eigenvalue weighted by atomic mass is 16.5. The zero-order chi connectivity index (χ0) is 7.40. The van der Waals surface area contributed by atoms with E-state index >= 15 is 0 Å². The largest absolute Gasteiger partial charge is 0.377 e. The molecule has 3 heteroatoms. The highest BCUT2D eigenvalue weighted by Crippen LogP contribution is 2.02. The summed E-state index contributed by atoms with van der Waals surface area (Å²) in [5, 5.41) is 3.56. The zero-order valence-electron chi connectivity index (χ0n) is 5.63. The summed E-state index contributed by atoms with van der Waals surface area (Å²) >= 11 is 0. The Morgan fingerprint density at radius 1 is 1.90 bits per heavy atom. The molecule has 0 fully saturated rings. The summed E-state index contributed by atoms with van der Waals surface area (Å²) in [6.45, 7) is 0.411. The van der Waals surface area contributed by atoms with Crippen LogP contribution in [0.3, 0.4) is 0 Å². The smallest absolute Gasteiger partial charge is 0.163 e. The van der Waals surface area contributed by atoms with E-state index in [2.05, 4.69) is 11.1 Å². The van der Waals surface area contributed by atoms with Crippen molar-refractivity contribution in [3.8, 4) is 12.3 Å². The van der Waals surface area contributed by atoms with E-state index in [1.165, 1.54) is 0 Å². The van der Waals surface area contributed by atoms with Gasteiger partial charge >= 0.3 is 0 Å². The fraction of sp³-hybridized carbons (Fsp3) is 0.286. The molecule has 1 aromatic rings. The summed E-state index contributed by atoms with van der Waals surface area (Å²) in [5.41, 5.74) is 0.507. The van der Waals surface area contributed by atoms with Crippen molar-refractivity contribution in [1.29, 1.82) is 0 Å². The lowest BCUT2D eigenvalue weighted by molar-refractivity contribution is 0.156. The number of rotatable bonds is 2. The Labute approximate surface area is 59.0 Å². The first kappa shape index (κ1) is 6.84. The number of hydrogen-bond acceptors (Lipinski definition) is 3. The maximum atomic E-state index is 5.05. The average molecular weight is 137 g/mol. The van der Waals surface area contributed by atoms with Crippen LogP contribution in [0.15, 0.2) is 10.6 Å². The zero-order valence-corrected chi connectivity index (χ0v) is 5.63. The number of nitrogens with zero attached hydrogens (tertiary/aromatic N) is 1. The van der Waals surface area contributed by atoms with Gasteiger partial charge in [0.15, 0.2) is 11.5 Å². The molecule has 0 aliphatic carbocycles. The maximum Gasteiger partial charge on any atom is 0.163 e. The van der Waals surface area contributed by atoms with E-state index in [4.69, 9.17) is 15.7 Å². The van der Waals surface area contributed by atoms with Crippen molar-refractivity contribution in [3.05, 3.63) is 17.5 Å². The molecule has 0 aliphatic heterocycles. The molecular formula is C7H7NO2. The van der Waals surface area contributed by atoms with Crippen LogP contribution < -0.4 is 0 Å². The Hall–Kier alpha value is -1.27. The minimum atomic E-state index is 0.411. The molecule has 0 saturated heterocycles. The van der Waals surface area contributed by atoms with Gasteiger partial charge in [0.25, 0.3) is 0 Å². The third-order valence-corrected chi connectivity index (χ3v) is 0.993. The molecular weight excluding hydrogens is 130 g/mol. The van der Waals surface area contributed by atoms with Crippen LogP contribution in [0.25, 0.3) is 0 Å². The van der Waals surface area contributed by atoms with E-state index in [0.717, 1.165) is 0 Å². The van der Waals surface area contributed by atoms with Gasteiger partial charge < -0.3 is 9.26 Å². The summed E-state index contributed by atoms with van der Waals surface area (Å²) < 4.78 is 9.56.